The number of hydrogen-bond donors (Lipinski definition) is 0. The first-order valence-corrected chi connectivity index (χ1v) is 5.11. The van der Waals surface area contributed by atoms with Gasteiger partial charge in [-0.3, -0.25) is 0 Å². The van der Waals surface area contributed by atoms with Crippen molar-refractivity contribution in [3.05, 3.63) is 71.8 Å². The first kappa shape index (κ1) is 10.0. The van der Waals surface area contributed by atoms with Crippen molar-refractivity contribution in [2.24, 2.45) is 0 Å². The molecule has 0 aliphatic rings. The van der Waals surface area contributed by atoms with Crippen LogP contribution in [-0.4, -0.2) is 7.85 Å². The normalized spacial score (nSPS) is 11.3. The Balaban J connectivity index is 2.44. The van der Waals surface area contributed by atoms with Crippen LogP contribution in [0.25, 0.3) is 0 Å². The van der Waals surface area contributed by atoms with Crippen molar-refractivity contribution in [1.82, 2.24) is 0 Å². The maximum atomic E-state index is 6.36. The lowest BCUT2D eigenvalue weighted by atomic mass is 9.61. The minimum absolute atomic E-state index is 0.414. The summed E-state index contributed by atoms with van der Waals surface area (Å²) in [6, 6.07) is 20.3. The van der Waals surface area contributed by atoms with Gasteiger partial charge < -0.3 is 0 Å². The zero-order valence-electron chi connectivity index (χ0n) is 8.85. The van der Waals surface area contributed by atoms with E-state index < -0.39 is 5.31 Å². The molecule has 0 aliphatic carbocycles. The summed E-state index contributed by atoms with van der Waals surface area (Å²) < 4.78 is 0. The topological polar surface area (TPSA) is 0 Å². The molecule has 0 amide bonds. The molecule has 0 saturated carbocycles. The van der Waals surface area contributed by atoms with Gasteiger partial charge in [-0.05, 0) is 16.4 Å². The van der Waals surface area contributed by atoms with Gasteiger partial charge in [0.2, 0.25) is 0 Å². The fourth-order valence-electron chi connectivity index (χ4n) is 1.74. The van der Waals surface area contributed by atoms with Crippen LogP contribution in [0, 0.1) is 0 Å². The molecule has 0 fully saturated rings. The Morgan fingerprint density at radius 2 is 1.07 bits per heavy atom. The summed E-state index contributed by atoms with van der Waals surface area (Å²) in [4.78, 5) is 0. The minimum atomic E-state index is -0.414. The van der Waals surface area contributed by atoms with E-state index in [0.29, 0.717) is 0 Å². The second kappa shape index (κ2) is 3.94. The Bertz CT molecular complexity index is 376. The zero-order valence-corrected chi connectivity index (χ0v) is 8.85. The number of hydrogen-bond acceptors (Lipinski definition) is 0. The monoisotopic (exact) mass is 192 g/mol. The molecule has 15 heavy (non-hydrogen) atoms. The predicted octanol–water partition coefficient (Wildman–Crippen LogP) is 3.12. The fourth-order valence-corrected chi connectivity index (χ4v) is 1.74. The molecule has 0 atom stereocenters. The van der Waals surface area contributed by atoms with Crippen LogP contribution in [0.3, 0.4) is 0 Å². The molecule has 2 rings (SSSR count). The third-order valence-corrected chi connectivity index (χ3v) is 2.75. The van der Waals surface area contributed by atoms with E-state index in [0.717, 1.165) is 11.1 Å². The fraction of sp³-hybridized carbons (Fsp3) is 0.143. The predicted molar refractivity (Wildman–Crippen MR) is 65.1 cm³/mol. The maximum absolute atomic E-state index is 6.36. The van der Waals surface area contributed by atoms with Crippen LogP contribution in [0.2, 0.25) is 0 Å². The Morgan fingerprint density at radius 1 is 0.733 bits per heavy atom. The molecule has 1 heteroatoms. The van der Waals surface area contributed by atoms with Crippen molar-refractivity contribution in [2.45, 2.75) is 12.2 Å². The van der Waals surface area contributed by atoms with Gasteiger partial charge in [0.05, 0.1) is 7.85 Å². The van der Waals surface area contributed by atoms with E-state index in [-0.39, 0.29) is 0 Å². The summed E-state index contributed by atoms with van der Waals surface area (Å²) in [5, 5.41) is -0.414. The van der Waals surface area contributed by atoms with E-state index in [9.17, 15) is 0 Å². The first-order valence-electron chi connectivity index (χ1n) is 5.11. The van der Waals surface area contributed by atoms with Crippen molar-refractivity contribution >= 4 is 7.85 Å². The summed E-state index contributed by atoms with van der Waals surface area (Å²) in [7, 11) is 6.36. The summed E-state index contributed by atoms with van der Waals surface area (Å²) in [5.41, 5.74) is 2.27. The molecule has 0 aromatic heterocycles. The quantitative estimate of drug-likeness (QED) is 0.641. The van der Waals surface area contributed by atoms with Crippen LogP contribution in [0.1, 0.15) is 18.1 Å². The summed E-state index contributed by atoms with van der Waals surface area (Å²) >= 11 is 0. The Labute approximate surface area is 92.4 Å². The summed E-state index contributed by atoms with van der Waals surface area (Å²) in [5.74, 6) is 0. The summed E-state index contributed by atoms with van der Waals surface area (Å²) in [6.45, 7) is 2.04. The van der Waals surface area contributed by atoms with Crippen molar-refractivity contribution in [3.8, 4) is 0 Å². The molecule has 0 saturated heterocycles. The second-order valence-electron chi connectivity index (χ2n) is 3.93. The molecule has 0 unspecified atom stereocenters. The van der Waals surface area contributed by atoms with Gasteiger partial charge in [-0.25, -0.2) is 0 Å². The molecule has 2 radical (unpaired) electrons. The molecule has 0 bridgehead atoms. The molecule has 2 aromatic carbocycles. The van der Waals surface area contributed by atoms with Crippen LogP contribution in [0.15, 0.2) is 60.7 Å². The van der Waals surface area contributed by atoms with Crippen LogP contribution >= 0.6 is 0 Å². The van der Waals surface area contributed by atoms with E-state index in [4.69, 9.17) is 7.85 Å². The first-order chi connectivity index (χ1) is 7.21. The van der Waals surface area contributed by atoms with Crippen molar-refractivity contribution in [2.75, 3.05) is 0 Å². The Morgan fingerprint density at radius 3 is 1.40 bits per heavy atom. The van der Waals surface area contributed by atoms with Crippen LogP contribution in [0.4, 0.5) is 0 Å². The van der Waals surface area contributed by atoms with E-state index in [2.05, 4.69) is 24.3 Å². The smallest absolute Gasteiger partial charge is 0.0622 e. The lowest BCUT2D eigenvalue weighted by molar-refractivity contribution is 0.820. The highest BCUT2D eigenvalue weighted by Gasteiger charge is 2.21. The molecular weight excluding hydrogens is 179 g/mol. The molecule has 0 heterocycles. The maximum Gasteiger partial charge on any atom is 0.0871 e. The van der Waals surface area contributed by atoms with Crippen molar-refractivity contribution < 1.29 is 0 Å². The minimum Gasteiger partial charge on any atom is -0.0622 e. The van der Waals surface area contributed by atoms with Crippen LogP contribution < -0.4 is 0 Å². The van der Waals surface area contributed by atoms with Crippen LogP contribution in [-0.2, 0) is 5.31 Å². The van der Waals surface area contributed by atoms with Crippen molar-refractivity contribution in [3.63, 3.8) is 0 Å². The lowest BCUT2D eigenvalue weighted by Gasteiger charge is -2.26. The Hall–Kier alpha value is -1.50. The number of benzene rings is 2. The van der Waals surface area contributed by atoms with Gasteiger partial charge in [0, 0.05) is 0 Å². The Kier molecular flexibility index (Phi) is 2.63. The van der Waals surface area contributed by atoms with Gasteiger partial charge in [0.1, 0.15) is 0 Å². The SMILES string of the molecule is [B]C(C)(c1ccccc1)c1ccccc1. The van der Waals surface area contributed by atoms with Gasteiger partial charge >= 0.3 is 0 Å². The third-order valence-electron chi connectivity index (χ3n) is 2.75. The molecule has 0 spiro atoms. The van der Waals surface area contributed by atoms with Gasteiger partial charge in [-0.1, -0.05) is 67.6 Å². The van der Waals surface area contributed by atoms with Crippen LogP contribution in [0.5, 0.6) is 0 Å². The standard InChI is InChI=1S/C14H13B/c1-14(15,12-8-4-2-5-9-12)13-10-6-3-7-11-13/h2-11H,1H3. The van der Waals surface area contributed by atoms with E-state index in [1.54, 1.807) is 0 Å². The van der Waals surface area contributed by atoms with E-state index in [1.807, 2.05) is 43.3 Å². The molecular formula is C14H13B. The summed E-state index contributed by atoms with van der Waals surface area (Å²) in [6.07, 6.45) is 0. The molecule has 2 aromatic rings. The number of rotatable bonds is 2. The zero-order chi connectivity index (χ0) is 10.7. The highest BCUT2D eigenvalue weighted by molar-refractivity contribution is 6.17. The highest BCUT2D eigenvalue weighted by atomic mass is 14.2. The molecule has 72 valence electrons. The highest BCUT2D eigenvalue weighted by Crippen LogP contribution is 2.27. The van der Waals surface area contributed by atoms with Gasteiger partial charge in [-0.2, -0.15) is 0 Å². The van der Waals surface area contributed by atoms with Gasteiger partial charge in [-0.15, -0.1) is 0 Å². The van der Waals surface area contributed by atoms with E-state index in [1.165, 1.54) is 0 Å². The van der Waals surface area contributed by atoms with Gasteiger partial charge in [0.15, 0.2) is 0 Å². The average molecular weight is 192 g/mol. The lowest BCUT2D eigenvalue weighted by Crippen LogP contribution is -2.23. The van der Waals surface area contributed by atoms with E-state index >= 15 is 0 Å². The largest absolute Gasteiger partial charge is 0.0871 e. The second-order valence-corrected chi connectivity index (χ2v) is 3.93. The molecule has 0 nitrogen and oxygen atoms in total. The third kappa shape index (κ3) is 1.96. The average Bonchev–Trinajstić information content (AvgIpc) is 2.31. The molecule has 0 aliphatic heterocycles. The van der Waals surface area contributed by atoms with Crippen molar-refractivity contribution in [1.29, 1.82) is 0 Å². The molecule has 0 N–H and O–H groups in total. The van der Waals surface area contributed by atoms with Gasteiger partial charge in [0.25, 0.3) is 0 Å².